The SMILES string of the molecule is CCNC(=O)[C@H](CCCCNC(=O)/C=C(C)/C=C/C=C(C)/C=C/C1=C(C)CCCC1(C)C)NC(=O)/C=C(C)/C=C/C=C(C)/C=C/C1=C(C)CCCC1(C)C. The lowest BCUT2D eigenvalue weighted by Crippen LogP contribution is -2.46. The Morgan fingerprint density at radius 3 is 1.61 bits per heavy atom. The van der Waals surface area contributed by atoms with Crippen LogP contribution in [0.1, 0.15) is 134 Å². The van der Waals surface area contributed by atoms with E-state index in [4.69, 9.17) is 0 Å². The molecule has 3 amide bonds. The van der Waals surface area contributed by atoms with Crippen molar-refractivity contribution in [3.8, 4) is 0 Å². The van der Waals surface area contributed by atoms with E-state index in [9.17, 15) is 14.4 Å². The molecule has 0 spiro atoms. The molecule has 2 aliphatic rings. The van der Waals surface area contributed by atoms with Crippen LogP contribution in [0.4, 0.5) is 0 Å². The number of hydrogen-bond donors (Lipinski definition) is 3. The fourth-order valence-electron chi connectivity index (χ4n) is 7.29. The molecule has 54 heavy (non-hydrogen) atoms. The van der Waals surface area contributed by atoms with Crippen molar-refractivity contribution in [3.05, 3.63) is 117 Å². The minimum Gasteiger partial charge on any atom is -0.355 e. The van der Waals surface area contributed by atoms with Gasteiger partial charge in [0.05, 0.1) is 0 Å². The molecule has 0 fully saturated rings. The molecule has 6 nitrogen and oxygen atoms in total. The normalized spacial score (nSPS) is 19.4. The van der Waals surface area contributed by atoms with E-state index in [1.807, 2.05) is 51.2 Å². The number of allylic oxidation sites excluding steroid dienone is 18. The van der Waals surface area contributed by atoms with Crippen LogP contribution in [0.25, 0.3) is 0 Å². The summed E-state index contributed by atoms with van der Waals surface area (Å²) in [5.74, 6) is -0.660. The third kappa shape index (κ3) is 16.9. The first-order valence-electron chi connectivity index (χ1n) is 20.1. The molecule has 296 valence electrons. The lowest BCUT2D eigenvalue weighted by Gasteiger charge is -2.33. The Labute approximate surface area is 328 Å². The summed E-state index contributed by atoms with van der Waals surface area (Å²) in [6.45, 7) is 24.6. The first-order chi connectivity index (χ1) is 25.4. The van der Waals surface area contributed by atoms with Crippen LogP contribution < -0.4 is 16.0 Å². The highest BCUT2D eigenvalue weighted by Gasteiger charge is 2.27. The highest BCUT2D eigenvalue weighted by atomic mass is 16.2. The van der Waals surface area contributed by atoms with E-state index >= 15 is 0 Å². The number of unbranched alkanes of at least 4 members (excludes halogenated alkanes) is 1. The van der Waals surface area contributed by atoms with Crippen molar-refractivity contribution >= 4 is 17.7 Å². The van der Waals surface area contributed by atoms with Gasteiger partial charge in [0.2, 0.25) is 17.7 Å². The Kier molecular flexibility index (Phi) is 19.5. The maximum Gasteiger partial charge on any atom is 0.244 e. The number of likely N-dealkylation sites (N-methyl/N-ethyl adjacent to an activating group) is 1. The van der Waals surface area contributed by atoms with Crippen molar-refractivity contribution in [3.63, 3.8) is 0 Å². The molecule has 0 saturated carbocycles. The monoisotopic (exact) mass is 738 g/mol. The zero-order valence-corrected chi connectivity index (χ0v) is 35.5. The van der Waals surface area contributed by atoms with Crippen molar-refractivity contribution in [2.75, 3.05) is 13.1 Å². The van der Waals surface area contributed by atoms with E-state index in [2.05, 4.69) is 102 Å². The highest BCUT2D eigenvalue weighted by molar-refractivity contribution is 5.93. The molecule has 0 heterocycles. The fraction of sp³-hybridized carbons (Fsp3) is 0.521. The molecule has 6 heteroatoms. The Morgan fingerprint density at radius 1 is 0.667 bits per heavy atom. The van der Waals surface area contributed by atoms with Gasteiger partial charge < -0.3 is 16.0 Å². The maximum absolute atomic E-state index is 12.9. The van der Waals surface area contributed by atoms with Crippen molar-refractivity contribution in [1.29, 1.82) is 0 Å². The summed E-state index contributed by atoms with van der Waals surface area (Å²) < 4.78 is 0. The summed E-state index contributed by atoms with van der Waals surface area (Å²) in [6.07, 6.45) is 33.0. The maximum atomic E-state index is 12.9. The summed E-state index contributed by atoms with van der Waals surface area (Å²) in [4.78, 5) is 38.1. The van der Waals surface area contributed by atoms with Gasteiger partial charge in [-0.2, -0.15) is 0 Å². The molecule has 0 aromatic carbocycles. The number of carbonyl (C=O) groups is 3. The number of hydrogen-bond acceptors (Lipinski definition) is 3. The third-order valence-electron chi connectivity index (χ3n) is 10.5. The molecule has 0 unspecified atom stereocenters. The van der Waals surface area contributed by atoms with Gasteiger partial charge in [-0.25, -0.2) is 0 Å². The summed E-state index contributed by atoms with van der Waals surface area (Å²) in [6, 6.07) is -0.649. The molecular formula is C48H71N3O3. The molecule has 0 aromatic heterocycles. The van der Waals surface area contributed by atoms with Gasteiger partial charge in [-0.3, -0.25) is 14.4 Å². The first-order valence-corrected chi connectivity index (χ1v) is 20.1. The topological polar surface area (TPSA) is 87.3 Å². The van der Waals surface area contributed by atoms with E-state index in [0.29, 0.717) is 32.4 Å². The lowest BCUT2D eigenvalue weighted by molar-refractivity contribution is -0.127. The van der Waals surface area contributed by atoms with Crippen LogP contribution in [0.5, 0.6) is 0 Å². The van der Waals surface area contributed by atoms with Crippen molar-refractivity contribution in [2.24, 2.45) is 10.8 Å². The average Bonchev–Trinajstić information content (AvgIpc) is 3.06. The van der Waals surface area contributed by atoms with E-state index < -0.39 is 6.04 Å². The average molecular weight is 738 g/mol. The van der Waals surface area contributed by atoms with Gasteiger partial charge >= 0.3 is 0 Å². The van der Waals surface area contributed by atoms with Crippen LogP contribution in [0.15, 0.2) is 117 Å². The molecule has 0 bridgehead atoms. The third-order valence-corrected chi connectivity index (χ3v) is 10.5. The van der Waals surface area contributed by atoms with Gasteiger partial charge in [-0.05, 0) is 139 Å². The van der Waals surface area contributed by atoms with Crippen LogP contribution in [0.2, 0.25) is 0 Å². The Morgan fingerprint density at radius 2 is 1.15 bits per heavy atom. The van der Waals surface area contributed by atoms with Crippen LogP contribution in [-0.2, 0) is 14.4 Å². The fourth-order valence-corrected chi connectivity index (χ4v) is 7.29. The quantitative estimate of drug-likeness (QED) is 0.0743. The number of carbonyl (C=O) groups excluding carboxylic acids is 3. The number of amides is 3. The molecular weight excluding hydrogens is 667 g/mol. The first kappa shape index (κ1) is 46.0. The van der Waals surface area contributed by atoms with Gasteiger partial charge in [-0.15, -0.1) is 0 Å². The van der Waals surface area contributed by atoms with Crippen LogP contribution in [0, 0.1) is 10.8 Å². The van der Waals surface area contributed by atoms with Gasteiger partial charge in [0.15, 0.2) is 0 Å². The Balaban J connectivity index is 1.84. The summed E-state index contributed by atoms with van der Waals surface area (Å²) in [7, 11) is 0. The summed E-state index contributed by atoms with van der Waals surface area (Å²) in [5, 5.41) is 8.64. The molecule has 0 aromatic rings. The number of nitrogens with one attached hydrogen (secondary N) is 3. The van der Waals surface area contributed by atoms with E-state index in [-0.39, 0.29) is 28.6 Å². The molecule has 2 rings (SSSR count). The second-order valence-electron chi connectivity index (χ2n) is 16.6. The van der Waals surface area contributed by atoms with Crippen molar-refractivity contribution in [1.82, 2.24) is 16.0 Å². The molecule has 3 N–H and O–H groups in total. The standard InChI is InChI=1S/C48H71N3O3/c1-12-49-46(54)43(51-45(53)34-38(5)22-16-20-36(3)27-29-42-40(7)24-18-31-48(42,10)11)25-13-14-32-50-44(52)33-37(4)21-15-19-35(2)26-28-41-39(6)23-17-30-47(41,8)9/h15-16,19-22,26-29,33-34,43H,12-14,17-18,23-25,30-32H2,1-11H3,(H,49,54)(H,50,52)(H,51,53)/b21-15+,22-16+,28-26+,29-27+,35-19+,36-20+,37-33+,38-34+/t43-/m0/s1. The lowest BCUT2D eigenvalue weighted by atomic mass is 9.72. The largest absolute Gasteiger partial charge is 0.355 e. The zero-order chi connectivity index (χ0) is 40.3. The van der Waals surface area contributed by atoms with Gasteiger partial charge in [-0.1, -0.05) is 111 Å². The van der Waals surface area contributed by atoms with Crippen LogP contribution in [0.3, 0.4) is 0 Å². The summed E-state index contributed by atoms with van der Waals surface area (Å²) in [5.41, 5.74) is 10.2. The predicted octanol–water partition coefficient (Wildman–Crippen LogP) is 11.0. The molecule has 0 radical (unpaired) electrons. The number of rotatable bonds is 18. The van der Waals surface area contributed by atoms with E-state index in [1.54, 1.807) is 6.08 Å². The second kappa shape index (κ2) is 22.9. The van der Waals surface area contributed by atoms with Gasteiger partial charge in [0, 0.05) is 25.2 Å². The highest BCUT2D eigenvalue weighted by Crippen LogP contribution is 2.41. The van der Waals surface area contributed by atoms with Gasteiger partial charge in [0.1, 0.15) is 6.04 Å². The van der Waals surface area contributed by atoms with E-state index in [1.165, 1.54) is 66.9 Å². The second-order valence-corrected chi connectivity index (χ2v) is 16.6. The van der Waals surface area contributed by atoms with E-state index in [0.717, 1.165) is 22.3 Å². The molecule has 2 aliphatic carbocycles. The minimum atomic E-state index is -0.649. The molecule has 0 saturated heterocycles. The van der Waals surface area contributed by atoms with Crippen molar-refractivity contribution < 1.29 is 14.4 Å². The zero-order valence-electron chi connectivity index (χ0n) is 35.5. The van der Waals surface area contributed by atoms with Crippen LogP contribution >= 0.6 is 0 Å². The van der Waals surface area contributed by atoms with Crippen molar-refractivity contribution in [2.45, 2.75) is 140 Å². The smallest absolute Gasteiger partial charge is 0.244 e. The summed E-state index contributed by atoms with van der Waals surface area (Å²) >= 11 is 0. The molecule has 0 aliphatic heterocycles. The minimum absolute atomic E-state index is 0.149. The van der Waals surface area contributed by atoms with Gasteiger partial charge in [0.25, 0.3) is 0 Å². The predicted molar refractivity (Wildman–Crippen MR) is 230 cm³/mol. The molecule has 1 atom stereocenters. The Hall–Kier alpha value is -4.19. The van der Waals surface area contributed by atoms with Crippen LogP contribution in [-0.4, -0.2) is 36.9 Å². The Bertz CT molecular complexity index is 1630.